The maximum atomic E-state index is 13.6. The molecule has 0 aliphatic rings. The van der Waals surface area contributed by atoms with E-state index in [1.54, 1.807) is 6.07 Å². The number of carbonyl (C=O) groups excluding carboxylic acids is 1. The van der Waals surface area contributed by atoms with Gasteiger partial charge >= 0.3 is 0 Å². The highest BCUT2D eigenvalue weighted by Crippen LogP contribution is 2.19. The van der Waals surface area contributed by atoms with E-state index in [1.165, 1.54) is 17.7 Å². The van der Waals surface area contributed by atoms with E-state index in [-0.39, 0.29) is 11.6 Å². The summed E-state index contributed by atoms with van der Waals surface area (Å²) in [6.07, 6.45) is 0.297. The Morgan fingerprint density at radius 2 is 1.95 bits per heavy atom. The SMILES string of the molecule is CN(CCC(=O)Nc1ccc(Cl)cc1F)Cc1ccccc1. The lowest BCUT2D eigenvalue weighted by atomic mass is 10.2. The van der Waals surface area contributed by atoms with Crippen molar-refractivity contribution in [1.29, 1.82) is 0 Å². The van der Waals surface area contributed by atoms with Gasteiger partial charge < -0.3 is 10.2 Å². The zero-order valence-corrected chi connectivity index (χ0v) is 13.1. The average molecular weight is 321 g/mol. The number of hydrogen-bond donors (Lipinski definition) is 1. The number of rotatable bonds is 6. The maximum absolute atomic E-state index is 13.6. The first-order valence-electron chi connectivity index (χ1n) is 7.02. The Morgan fingerprint density at radius 3 is 2.64 bits per heavy atom. The fourth-order valence-electron chi connectivity index (χ4n) is 2.07. The summed E-state index contributed by atoms with van der Waals surface area (Å²) in [5, 5.41) is 2.86. The predicted octanol–water partition coefficient (Wildman–Crippen LogP) is 3.94. The summed E-state index contributed by atoms with van der Waals surface area (Å²) in [4.78, 5) is 13.9. The molecule has 2 aromatic rings. The van der Waals surface area contributed by atoms with Crippen LogP contribution in [0.15, 0.2) is 48.5 Å². The van der Waals surface area contributed by atoms with Crippen molar-refractivity contribution in [3.05, 3.63) is 64.9 Å². The molecule has 0 heterocycles. The fourth-order valence-corrected chi connectivity index (χ4v) is 2.23. The molecule has 0 atom stereocenters. The molecule has 0 fully saturated rings. The zero-order chi connectivity index (χ0) is 15.9. The molecule has 0 aliphatic carbocycles. The van der Waals surface area contributed by atoms with E-state index in [2.05, 4.69) is 5.32 Å². The number of amides is 1. The second-order valence-corrected chi connectivity index (χ2v) is 5.58. The van der Waals surface area contributed by atoms with Gasteiger partial charge in [0.15, 0.2) is 0 Å². The number of anilines is 1. The van der Waals surface area contributed by atoms with Crippen molar-refractivity contribution >= 4 is 23.2 Å². The fraction of sp³-hybridized carbons (Fsp3) is 0.235. The van der Waals surface area contributed by atoms with Gasteiger partial charge in [0.05, 0.1) is 5.69 Å². The van der Waals surface area contributed by atoms with E-state index < -0.39 is 5.82 Å². The van der Waals surface area contributed by atoms with Crippen molar-refractivity contribution < 1.29 is 9.18 Å². The molecule has 0 radical (unpaired) electrons. The molecule has 22 heavy (non-hydrogen) atoms. The molecule has 0 unspecified atom stereocenters. The summed E-state index contributed by atoms with van der Waals surface area (Å²) in [7, 11) is 1.95. The smallest absolute Gasteiger partial charge is 0.225 e. The summed E-state index contributed by atoms with van der Waals surface area (Å²) in [5.41, 5.74) is 1.34. The zero-order valence-electron chi connectivity index (χ0n) is 12.4. The van der Waals surface area contributed by atoms with Gasteiger partial charge in [0.25, 0.3) is 0 Å². The summed E-state index contributed by atoms with van der Waals surface area (Å²) in [6.45, 7) is 1.36. The first kappa shape index (κ1) is 16.5. The minimum atomic E-state index is -0.529. The molecular formula is C17H18ClFN2O. The van der Waals surface area contributed by atoms with Crippen LogP contribution in [-0.2, 0) is 11.3 Å². The third-order valence-electron chi connectivity index (χ3n) is 3.22. The van der Waals surface area contributed by atoms with E-state index in [9.17, 15) is 9.18 Å². The minimum Gasteiger partial charge on any atom is -0.324 e. The minimum absolute atomic E-state index is 0.153. The van der Waals surface area contributed by atoms with Gasteiger partial charge in [-0.15, -0.1) is 0 Å². The molecule has 0 aromatic heterocycles. The van der Waals surface area contributed by atoms with Crippen LogP contribution in [0, 0.1) is 5.82 Å². The Bertz CT molecular complexity index is 634. The topological polar surface area (TPSA) is 32.3 Å². The second-order valence-electron chi connectivity index (χ2n) is 5.15. The largest absolute Gasteiger partial charge is 0.324 e. The molecule has 0 aliphatic heterocycles. The van der Waals surface area contributed by atoms with E-state index >= 15 is 0 Å². The highest BCUT2D eigenvalue weighted by atomic mass is 35.5. The Balaban J connectivity index is 1.80. The Kier molecular flexibility index (Phi) is 5.92. The summed E-state index contributed by atoms with van der Waals surface area (Å²) < 4.78 is 13.6. The molecule has 0 spiro atoms. The molecule has 116 valence electrons. The quantitative estimate of drug-likeness (QED) is 0.874. The molecule has 2 aromatic carbocycles. The van der Waals surface area contributed by atoms with Crippen LogP contribution in [0.5, 0.6) is 0 Å². The number of nitrogens with zero attached hydrogens (tertiary/aromatic N) is 1. The van der Waals surface area contributed by atoms with Crippen molar-refractivity contribution in [3.63, 3.8) is 0 Å². The number of carbonyl (C=O) groups is 1. The summed E-state index contributed by atoms with van der Waals surface area (Å²) in [5.74, 6) is -0.750. The maximum Gasteiger partial charge on any atom is 0.225 e. The number of halogens is 2. The van der Waals surface area contributed by atoms with Gasteiger partial charge in [-0.05, 0) is 30.8 Å². The lowest BCUT2D eigenvalue weighted by Crippen LogP contribution is -2.24. The van der Waals surface area contributed by atoms with Gasteiger partial charge in [-0.3, -0.25) is 4.79 Å². The Labute approximate surface area is 134 Å². The van der Waals surface area contributed by atoms with Crippen molar-refractivity contribution in [3.8, 4) is 0 Å². The highest BCUT2D eigenvalue weighted by Gasteiger charge is 2.09. The molecule has 3 nitrogen and oxygen atoms in total. The Hall–Kier alpha value is -1.91. The Morgan fingerprint density at radius 1 is 1.23 bits per heavy atom. The van der Waals surface area contributed by atoms with Crippen LogP contribution >= 0.6 is 11.6 Å². The van der Waals surface area contributed by atoms with E-state index in [1.807, 2.05) is 42.3 Å². The van der Waals surface area contributed by atoms with Crippen LogP contribution in [0.2, 0.25) is 5.02 Å². The summed E-state index contributed by atoms with van der Waals surface area (Å²) in [6, 6.07) is 14.2. The molecule has 5 heteroatoms. The molecule has 2 rings (SSSR count). The molecule has 0 bridgehead atoms. The van der Waals surface area contributed by atoms with Crippen LogP contribution in [0.1, 0.15) is 12.0 Å². The van der Waals surface area contributed by atoms with Gasteiger partial charge in [0.2, 0.25) is 5.91 Å². The van der Waals surface area contributed by atoms with Crippen LogP contribution in [0.4, 0.5) is 10.1 Å². The lowest BCUT2D eigenvalue weighted by Gasteiger charge is -2.16. The number of nitrogens with one attached hydrogen (secondary N) is 1. The monoisotopic (exact) mass is 320 g/mol. The van der Waals surface area contributed by atoms with Crippen LogP contribution in [0.3, 0.4) is 0 Å². The van der Waals surface area contributed by atoms with Crippen LogP contribution in [0.25, 0.3) is 0 Å². The summed E-state index contributed by atoms with van der Waals surface area (Å²) >= 11 is 5.67. The standard InChI is InChI=1S/C17H18ClFN2O/c1-21(12-13-5-3-2-4-6-13)10-9-17(22)20-16-8-7-14(18)11-15(16)19/h2-8,11H,9-10,12H2,1H3,(H,20,22). The third kappa shape index (κ3) is 5.13. The van der Waals surface area contributed by atoms with Crippen molar-refractivity contribution in [1.82, 2.24) is 4.90 Å². The molecule has 0 saturated carbocycles. The number of hydrogen-bond acceptors (Lipinski definition) is 2. The van der Waals surface area contributed by atoms with Crippen molar-refractivity contribution in [2.75, 3.05) is 18.9 Å². The van der Waals surface area contributed by atoms with E-state index in [0.29, 0.717) is 18.0 Å². The second kappa shape index (κ2) is 7.92. The van der Waals surface area contributed by atoms with Gasteiger partial charge in [-0.2, -0.15) is 0 Å². The van der Waals surface area contributed by atoms with E-state index in [0.717, 1.165) is 6.54 Å². The average Bonchev–Trinajstić information content (AvgIpc) is 2.49. The lowest BCUT2D eigenvalue weighted by molar-refractivity contribution is -0.116. The van der Waals surface area contributed by atoms with Gasteiger partial charge in [0.1, 0.15) is 5.82 Å². The van der Waals surface area contributed by atoms with Crippen molar-refractivity contribution in [2.45, 2.75) is 13.0 Å². The van der Waals surface area contributed by atoms with Crippen LogP contribution in [-0.4, -0.2) is 24.4 Å². The predicted molar refractivity (Wildman–Crippen MR) is 87.4 cm³/mol. The van der Waals surface area contributed by atoms with Gasteiger partial charge in [-0.25, -0.2) is 4.39 Å². The highest BCUT2D eigenvalue weighted by molar-refractivity contribution is 6.30. The third-order valence-corrected chi connectivity index (χ3v) is 3.46. The first-order valence-corrected chi connectivity index (χ1v) is 7.40. The normalized spacial score (nSPS) is 10.7. The van der Waals surface area contributed by atoms with Gasteiger partial charge in [-0.1, -0.05) is 41.9 Å². The first-order chi connectivity index (χ1) is 10.5. The van der Waals surface area contributed by atoms with Crippen LogP contribution < -0.4 is 5.32 Å². The van der Waals surface area contributed by atoms with Gasteiger partial charge in [0, 0.05) is 24.5 Å². The molecule has 0 saturated heterocycles. The molecule has 1 N–H and O–H groups in total. The molecular weight excluding hydrogens is 303 g/mol. The number of benzene rings is 2. The molecule has 1 amide bonds. The van der Waals surface area contributed by atoms with Crippen molar-refractivity contribution in [2.24, 2.45) is 0 Å². The van der Waals surface area contributed by atoms with E-state index in [4.69, 9.17) is 11.6 Å².